The van der Waals surface area contributed by atoms with Gasteiger partial charge in [0, 0.05) is 5.69 Å². The maximum Gasteiger partial charge on any atom is 0.233 e. The van der Waals surface area contributed by atoms with E-state index in [1.807, 2.05) is 0 Å². The van der Waals surface area contributed by atoms with Gasteiger partial charge in [-0.3, -0.25) is 0 Å². The lowest BCUT2D eigenvalue weighted by molar-refractivity contribution is 0.267. The highest BCUT2D eigenvalue weighted by molar-refractivity contribution is 5.76. The monoisotopic (exact) mass is 265 g/mol. The molecule has 98 valence electrons. The van der Waals surface area contributed by atoms with Gasteiger partial charge in [-0.05, 0) is 36.4 Å². The first-order chi connectivity index (χ1) is 9.74. The minimum atomic E-state index is 0.198. The number of aromatic nitrogens is 1. The van der Waals surface area contributed by atoms with Crippen LogP contribution in [-0.4, -0.2) is 4.98 Å². The average molecular weight is 265 g/mol. The second-order valence-corrected chi connectivity index (χ2v) is 4.26. The predicted octanol–water partition coefficient (Wildman–Crippen LogP) is 2.86. The molecule has 0 saturated carbocycles. The number of nitrogens with two attached hydrogens (primary N) is 1. The summed E-state index contributed by atoms with van der Waals surface area (Å²) in [5, 5.41) is 8.82. The summed E-state index contributed by atoms with van der Waals surface area (Å²) in [6, 6.07) is 14.3. The molecule has 0 amide bonds. The molecule has 5 heteroatoms. The van der Waals surface area contributed by atoms with Gasteiger partial charge in [0.15, 0.2) is 12.2 Å². The first-order valence-electron chi connectivity index (χ1n) is 6.02. The molecule has 5 nitrogen and oxygen atoms in total. The third kappa shape index (κ3) is 2.40. The lowest BCUT2D eigenvalue weighted by atomic mass is 10.2. The molecule has 20 heavy (non-hydrogen) atoms. The summed E-state index contributed by atoms with van der Waals surface area (Å²) in [5.74, 6) is 1.07. The minimum absolute atomic E-state index is 0.198. The standard InChI is InChI=1S/C15H11N3O2/c16-8-10-2-1-3-12(6-10)19-9-15-18-13-7-11(17)4-5-14(13)20-15/h1-7H,9,17H2. The van der Waals surface area contributed by atoms with Crippen molar-refractivity contribution in [1.29, 1.82) is 5.26 Å². The molecule has 0 radical (unpaired) electrons. The van der Waals surface area contributed by atoms with Crippen molar-refractivity contribution in [3.8, 4) is 11.8 Å². The normalized spacial score (nSPS) is 10.3. The molecule has 0 aliphatic carbocycles. The van der Waals surface area contributed by atoms with Crippen molar-refractivity contribution in [3.05, 3.63) is 53.9 Å². The second-order valence-electron chi connectivity index (χ2n) is 4.26. The summed E-state index contributed by atoms with van der Waals surface area (Å²) in [6.45, 7) is 0.198. The zero-order valence-electron chi connectivity index (χ0n) is 10.5. The van der Waals surface area contributed by atoms with Crippen LogP contribution < -0.4 is 10.5 Å². The van der Waals surface area contributed by atoms with Gasteiger partial charge in [-0.1, -0.05) is 6.07 Å². The van der Waals surface area contributed by atoms with Crippen LogP contribution in [0.25, 0.3) is 11.1 Å². The van der Waals surface area contributed by atoms with Gasteiger partial charge >= 0.3 is 0 Å². The number of oxazole rings is 1. The van der Waals surface area contributed by atoms with Crippen molar-refractivity contribution in [1.82, 2.24) is 4.98 Å². The maximum atomic E-state index is 8.82. The molecule has 0 aliphatic rings. The van der Waals surface area contributed by atoms with Gasteiger partial charge in [-0.25, -0.2) is 4.98 Å². The van der Waals surface area contributed by atoms with E-state index in [1.54, 1.807) is 42.5 Å². The van der Waals surface area contributed by atoms with Gasteiger partial charge in [-0.2, -0.15) is 5.26 Å². The summed E-state index contributed by atoms with van der Waals surface area (Å²) >= 11 is 0. The van der Waals surface area contributed by atoms with E-state index in [9.17, 15) is 0 Å². The van der Waals surface area contributed by atoms with Gasteiger partial charge in [0.1, 0.15) is 11.3 Å². The Morgan fingerprint density at radius 3 is 3.00 bits per heavy atom. The largest absolute Gasteiger partial charge is 0.484 e. The Bertz CT molecular complexity index is 802. The molecule has 0 bridgehead atoms. The Kier molecular flexibility index (Phi) is 2.98. The molecule has 0 fully saturated rings. The van der Waals surface area contributed by atoms with Crippen LogP contribution in [0.2, 0.25) is 0 Å². The third-order valence-corrected chi connectivity index (χ3v) is 2.78. The number of anilines is 1. The number of hydrogen-bond acceptors (Lipinski definition) is 5. The van der Waals surface area contributed by atoms with Crippen molar-refractivity contribution in [2.75, 3.05) is 5.73 Å². The molecule has 0 saturated heterocycles. The molecule has 2 aromatic carbocycles. The number of hydrogen-bond donors (Lipinski definition) is 1. The van der Waals surface area contributed by atoms with Gasteiger partial charge in [0.05, 0.1) is 11.6 Å². The highest BCUT2D eigenvalue weighted by atomic mass is 16.5. The highest BCUT2D eigenvalue weighted by Gasteiger charge is 2.07. The number of nitrogens with zero attached hydrogens (tertiary/aromatic N) is 2. The molecule has 1 heterocycles. The zero-order valence-corrected chi connectivity index (χ0v) is 10.5. The van der Waals surface area contributed by atoms with Gasteiger partial charge in [0.25, 0.3) is 0 Å². The first-order valence-corrected chi connectivity index (χ1v) is 6.02. The van der Waals surface area contributed by atoms with Crippen LogP contribution in [0.1, 0.15) is 11.5 Å². The Labute approximate surface area is 115 Å². The molecule has 0 aliphatic heterocycles. The van der Waals surface area contributed by atoms with E-state index in [0.717, 1.165) is 0 Å². The molecule has 3 aromatic rings. The minimum Gasteiger partial charge on any atom is -0.484 e. The van der Waals surface area contributed by atoms with E-state index in [2.05, 4.69) is 11.1 Å². The van der Waals surface area contributed by atoms with E-state index in [1.165, 1.54) is 0 Å². The Morgan fingerprint density at radius 2 is 2.15 bits per heavy atom. The summed E-state index contributed by atoms with van der Waals surface area (Å²) in [5.41, 5.74) is 8.25. The molecular formula is C15H11N3O2. The van der Waals surface area contributed by atoms with Crippen LogP contribution in [0, 0.1) is 11.3 Å². The van der Waals surface area contributed by atoms with Gasteiger partial charge in [-0.15, -0.1) is 0 Å². The van der Waals surface area contributed by atoms with Crippen LogP contribution in [-0.2, 0) is 6.61 Å². The first kappa shape index (κ1) is 12.1. The molecule has 0 atom stereocenters. The average Bonchev–Trinajstić information content (AvgIpc) is 2.87. The zero-order chi connectivity index (χ0) is 13.9. The number of fused-ring (bicyclic) bond motifs is 1. The van der Waals surface area contributed by atoms with Crippen LogP contribution in [0.5, 0.6) is 5.75 Å². The molecule has 0 unspecified atom stereocenters. The Hall–Kier alpha value is -3.00. The van der Waals surface area contributed by atoms with E-state index < -0.39 is 0 Å². The molecule has 0 spiro atoms. The van der Waals surface area contributed by atoms with E-state index >= 15 is 0 Å². The lowest BCUT2D eigenvalue weighted by Crippen LogP contribution is -1.95. The quantitative estimate of drug-likeness (QED) is 0.736. The van der Waals surface area contributed by atoms with Crippen LogP contribution in [0.3, 0.4) is 0 Å². The number of rotatable bonds is 3. The van der Waals surface area contributed by atoms with Crippen molar-refractivity contribution in [2.45, 2.75) is 6.61 Å². The predicted molar refractivity (Wildman–Crippen MR) is 73.9 cm³/mol. The summed E-state index contributed by atoms with van der Waals surface area (Å²) in [4.78, 5) is 4.29. The molecule has 1 aromatic heterocycles. The smallest absolute Gasteiger partial charge is 0.233 e. The van der Waals surface area contributed by atoms with Crippen molar-refractivity contribution in [2.24, 2.45) is 0 Å². The lowest BCUT2D eigenvalue weighted by Gasteiger charge is -2.02. The summed E-state index contributed by atoms with van der Waals surface area (Å²) in [7, 11) is 0. The van der Waals surface area contributed by atoms with E-state index in [4.69, 9.17) is 20.1 Å². The summed E-state index contributed by atoms with van der Waals surface area (Å²) in [6.07, 6.45) is 0. The fourth-order valence-electron chi connectivity index (χ4n) is 1.85. The van der Waals surface area contributed by atoms with Crippen LogP contribution >= 0.6 is 0 Å². The fraction of sp³-hybridized carbons (Fsp3) is 0.0667. The highest BCUT2D eigenvalue weighted by Crippen LogP contribution is 2.20. The van der Waals surface area contributed by atoms with E-state index in [-0.39, 0.29) is 6.61 Å². The SMILES string of the molecule is N#Cc1cccc(OCc2nc3cc(N)ccc3o2)c1. The van der Waals surface area contributed by atoms with Gasteiger partial charge in [0.2, 0.25) is 5.89 Å². The number of nitriles is 1. The number of ether oxygens (including phenoxy) is 1. The second kappa shape index (κ2) is 4.94. The summed E-state index contributed by atoms with van der Waals surface area (Å²) < 4.78 is 11.1. The van der Waals surface area contributed by atoms with Crippen molar-refractivity contribution in [3.63, 3.8) is 0 Å². The fourth-order valence-corrected chi connectivity index (χ4v) is 1.85. The van der Waals surface area contributed by atoms with Crippen LogP contribution in [0.15, 0.2) is 46.9 Å². The molecular weight excluding hydrogens is 254 g/mol. The van der Waals surface area contributed by atoms with Crippen molar-refractivity contribution < 1.29 is 9.15 Å². The molecule has 2 N–H and O–H groups in total. The number of nitrogen functional groups attached to an aromatic ring is 1. The topological polar surface area (TPSA) is 85.1 Å². The van der Waals surface area contributed by atoms with Crippen LogP contribution in [0.4, 0.5) is 5.69 Å². The number of benzene rings is 2. The van der Waals surface area contributed by atoms with Crippen molar-refractivity contribution >= 4 is 16.8 Å². The third-order valence-electron chi connectivity index (χ3n) is 2.78. The molecule has 3 rings (SSSR count). The van der Waals surface area contributed by atoms with E-state index in [0.29, 0.717) is 34.0 Å². The Morgan fingerprint density at radius 1 is 1.25 bits per heavy atom. The Balaban J connectivity index is 1.78. The maximum absolute atomic E-state index is 8.82. The van der Waals surface area contributed by atoms with Gasteiger partial charge < -0.3 is 14.9 Å².